The molecule has 0 saturated carbocycles. The van der Waals surface area contributed by atoms with Gasteiger partial charge in [-0.05, 0) is 42.0 Å². The summed E-state index contributed by atoms with van der Waals surface area (Å²) in [5.41, 5.74) is 0. The molecule has 1 atom stereocenters. The van der Waals surface area contributed by atoms with Crippen LogP contribution in [0.5, 0.6) is 0 Å². The van der Waals surface area contributed by atoms with E-state index in [1.165, 1.54) is 11.3 Å². The average molecular weight is 385 g/mol. The Morgan fingerprint density at radius 2 is 2.10 bits per heavy atom. The van der Waals surface area contributed by atoms with Crippen LogP contribution in [0.3, 0.4) is 0 Å². The lowest BCUT2D eigenvalue weighted by Gasteiger charge is -2.21. The van der Waals surface area contributed by atoms with Gasteiger partial charge in [0.1, 0.15) is 6.04 Å². The molecule has 0 aliphatic rings. The monoisotopic (exact) mass is 383 g/mol. The van der Waals surface area contributed by atoms with Gasteiger partial charge in [0, 0.05) is 20.1 Å². The first-order valence-corrected chi connectivity index (χ1v) is 7.52. The van der Waals surface area contributed by atoms with E-state index in [0.29, 0.717) is 11.4 Å². The molecule has 1 heterocycles. The van der Waals surface area contributed by atoms with E-state index < -0.39 is 6.04 Å². The van der Waals surface area contributed by atoms with Crippen molar-refractivity contribution in [3.8, 4) is 0 Å². The normalized spacial score (nSPS) is 11.4. The van der Waals surface area contributed by atoms with Crippen LogP contribution in [0, 0.1) is 0 Å². The van der Waals surface area contributed by atoms with Gasteiger partial charge in [-0.3, -0.25) is 9.59 Å². The van der Waals surface area contributed by atoms with Crippen LogP contribution in [0.4, 0.5) is 0 Å². The Hall–Kier alpha value is -0.630. The first kappa shape index (κ1) is 19.4. The SMILES string of the molecule is CNCCN(C)C(=O)C(C)NC(=O)c1ccc(Br)s1.Cl. The zero-order valence-electron chi connectivity index (χ0n) is 11.6. The summed E-state index contributed by atoms with van der Waals surface area (Å²) in [7, 11) is 3.56. The number of hydrogen-bond donors (Lipinski definition) is 2. The summed E-state index contributed by atoms with van der Waals surface area (Å²) in [4.78, 5) is 26.1. The van der Waals surface area contributed by atoms with E-state index in [0.717, 1.165) is 10.3 Å². The number of nitrogens with zero attached hydrogens (tertiary/aromatic N) is 1. The number of hydrogen-bond acceptors (Lipinski definition) is 4. The van der Waals surface area contributed by atoms with Crippen molar-refractivity contribution in [3.63, 3.8) is 0 Å². The molecule has 1 unspecified atom stereocenters. The molecule has 0 radical (unpaired) electrons. The fourth-order valence-corrected chi connectivity index (χ4v) is 2.78. The van der Waals surface area contributed by atoms with E-state index in [1.807, 2.05) is 13.1 Å². The number of rotatable bonds is 6. The van der Waals surface area contributed by atoms with Crippen molar-refractivity contribution in [2.75, 3.05) is 27.2 Å². The molecule has 8 heteroatoms. The summed E-state index contributed by atoms with van der Waals surface area (Å²) < 4.78 is 0.891. The van der Waals surface area contributed by atoms with Crippen LogP contribution in [0.15, 0.2) is 15.9 Å². The van der Waals surface area contributed by atoms with Gasteiger partial charge in [0.25, 0.3) is 5.91 Å². The molecule has 20 heavy (non-hydrogen) atoms. The number of likely N-dealkylation sites (N-methyl/N-ethyl adjacent to an activating group) is 2. The highest BCUT2D eigenvalue weighted by atomic mass is 79.9. The number of carbonyl (C=O) groups excluding carboxylic acids is 2. The van der Waals surface area contributed by atoms with E-state index >= 15 is 0 Å². The van der Waals surface area contributed by atoms with Crippen LogP contribution in [0.1, 0.15) is 16.6 Å². The molecule has 0 saturated heterocycles. The van der Waals surface area contributed by atoms with Crippen LogP contribution < -0.4 is 10.6 Å². The molecule has 0 aliphatic heterocycles. The van der Waals surface area contributed by atoms with Gasteiger partial charge in [-0.2, -0.15) is 0 Å². The highest BCUT2D eigenvalue weighted by Gasteiger charge is 2.20. The zero-order valence-corrected chi connectivity index (χ0v) is 14.8. The number of carbonyl (C=O) groups is 2. The molecule has 5 nitrogen and oxygen atoms in total. The van der Waals surface area contributed by atoms with Crippen LogP contribution in [0.2, 0.25) is 0 Å². The molecule has 0 aromatic carbocycles. The maximum atomic E-state index is 12.0. The Kier molecular flexibility index (Phi) is 9.04. The van der Waals surface area contributed by atoms with Gasteiger partial charge in [-0.25, -0.2) is 0 Å². The molecule has 0 bridgehead atoms. The lowest BCUT2D eigenvalue weighted by atomic mass is 10.2. The zero-order chi connectivity index (χ0) is 14.4. The van der Waals surface area contributed by atoms with Crippen LogP contribution in [-0.4, -0.2) is 49.9 Å². The molecule has 0 spiro atoms. The third kappa shape index (κ3) is 5.78. The second-order valence-corrected chi connectivity index (χ2v) is 6.63. The maximum absolute atomic E-state index is 12.0. The summed E-state index contributed by atoms with van der Waals surface area (Å²) >= 11 is 4.65. The lowest BCUT2D eigenvalue weighted by Crippen LogP contribution is -2.46. The predicted octanol–water partition coefficient (Wildman–Crippen LogP) is 1.73. The second kappa shape index (κ2) is 9.33. The third-order valence-electron chi connectivity index (χ3n) is 2.59. The fourth-order valence-electron chi connectivity index (χ4n) is 1.49. The minimum absolute atomic E-state index is 0. The summed E-state index contributed by atoms with van der Waals surface area (Å²) in [6.45, 7) is 3.03. The number of nitrogens with one attached hydrogen (secondary N) is 2. The van der Waals surface area contributed by atoms with Gasteiger partial charge in [-0.15, -0.1) is 23.7 Å². The molecule has 1 aromatic heterocycles. The number of halogens is 2. The van der Waals surface area contributed by atoms with E-state index in [4.69, 9.17) is 0 Å². The lowest BCUT2D eigenvalue weighted by molar-refractivity contribution is -0.131. The van der Waals surface area contributed by atoms with Crippen LogP contribution in [0.25, 0.3) is 0 Å². The van der Waals surface area contributed by atoms with Gasteiger partial charge < -0.3 is 15.5 Å². The Bertz CT molecular complexity index is 456. The van der Waals surface area contributed by atoms with Crippen molar-refractivity contribution in [1.29, 1.82) is 0 Å². The molecule has 114 valence electrons. The molecular weight excluding hydrogens is 366 g/mol. The number of amides is 2. The van der Waals surface area contributed by atoms with Crippen LogP contribution in [-0.2, 0) is 4.79 Å². The van der Waals surface area contributed by atoms with E-state index in [9.17, 15) is 9.59 Å². The highest BCUT2D eigenvalue weighted by Crippen LogP contribution is 2.21. The maximum Gasteiger partial charge on any atom is 0.262 e. The first-order valence-electron chi connectivity index (χ1n) is 5.91. The minimum Gasteiger partial charge on any atom is -0.343 e. The van der Waals surface area contributed by atoms with Gasteiger partial charge in [0.2, 0.25) is 5.91 Å². The molecule has 1 rings (SSSR count). The molecule has 0 fully saturated rings. The summed E-state index contributed by atoms with van der Waals surface area (Å²) in [6, 6.07) is 3.01. The van der Waals surface area contributed by atoms with E-state index in [2.05, 4.69) is 26.6 Å². The fraction of sp³-hybridized carbons (Fsp3) is 0.500. The summed E-state index contributed by atoms with van der Waals surface area (Å²) in [5.74, 6) is -0.321. The third-order valence-corrected chi connectivity index (χ3v) is 4.21. The Balaban J connectivity index is 0.00000361. The quantitative estimate of drug-likeness (QED) is 0.785. The van der Waals surface area contributed by atoms with Gasteiger partial charge in [-0.1, -0.05) is 0 Å². The van der Waals surface area contributed by atoms with Crippen molar-refractivity contribution < 1.29 is 9.59 Å². The Morgan fingerprint density at radius 1 is 1.45 bits per heavy atom. The molecule has 0 aliphatic carbocycles. The Morgan fingerprint density at radius 3 is 2.60 bits per heavy atom. The van der Waals surface area contributed by atoms with Crippen molar-refractivity contribution >= 4 is 51.5 Å². The van der Waals surface area contributed by atoms with Crippen LogP contribution >= 0.6 is 39.7 Å². The smallest absolute Gasteiger partial charge is 0.262 e. The van der Waals surface area contributed by atoms with Crippen molar-refractivity contribution in [2.24, 2.45) is 0 Å². The molecule has 2 N–H and O–H groups in total. The number of thiophene rings is 1. The van der Waals surface area contributed by atoms with E-state index in [-0.39, 0.29) is 24.2 Å². The van der Waals surface area contributed by atoms with Crippen molar-refractivity contribution in [2.45, 2.75) is 13.0 Å². The Labute approximate surface area is 137 Å². The van der Waals surface area contributed by atoms with Gasteiger partial charge in [0.15, 0.2) is 0 Å². The average Bonchev–Trinajstić information content (AvgIpc) is 2.81. The van der Waals surface area contributed by atoms with E-state index in [1.54, 1.807) is 24.9 Å². The highest BCUT2D eigenvalue weighted by molar-refractivity contribution is 9.11. The standard InChI is InChI=1S/C12H18BrN3O2S.ClH/c1-8(12(18)16(3)7-6-14-2)15-11(17)9-4-5-10(13)19-9;/h4-5,8,14H,6-7H2,1-3H3,(H,15,17);1H. The van der Waals surface area contributed by atoms with Gasteiger partial charge >= 0.3 is 0 Å². The second-order valence-electron chi connectivity index (χ2n) is 4.16. The van der Waals surface area contributed by atoms with Crippen molar-refractivity contribution in [3.05, 3.63) is 20.8 Å². The molecule has 2 amide bonds. The predicted molar refractivity (Wildman–Crippen MR) is 87.8 cm³/mol. The van der Waals surface area contributed by atoms with Crippen molar-refractivity contribution in [1.82, 2.24) is 15.5 Å². The summed E-state index contributed by atoms with van der Waals surface area (Å²) in [6.07, 6.45) is 0. The largest absolute Gasteiger partial charge is 0.343 e. The first-order chi connectivity index (χ1) is 8.95. The van der Waals surface area contributed by atoms with Gasteiger partial charge in [0.05, 0.1) is 8.66 Å². The molecular formula is C12H19BrClN3O2S. The summed E-state index contributed by atoms with van der Waals surface area (Å²) in [5, 5.41) is 5.68. The topological polar surface area (TPSA) is 61.4 Å². The minimum atomic E-state index is -0.532. The molecule has 1 aromatic rings.